The number of nitrogens with one attached hydrogen (secondary N) is 1. The third-order valence-electron chi connectivity index (χ3n) is 3.32. The van der Waals surface area contributed by atoms with Gasteiger partial charge in [-0.05, 0) is 38.3 Å². The first-order valence-electron chi connectivity index (χ1n) is 7.12. The summed E-state index contributed by atoms with van der Waals surface area (Å²) in [5.74, 6) is -1.11. The van der Waals surface area contributed by atoms with Crippen molar-refractivity contribution in [1.29, 1.82) is 0 Å². The summed E-state index contributed by atoms with van der Waals surface area (Å²) < 4.78 is 13.8. The summed E-state index contributed by atoms with van der Waals surface area (Å²) in [6.45, 7) is 6.08. The number of carbonyl (C=O) groups excluding carboxylic acids is 1. The first-order chi connectivity index (χ1) is 10.4. The molecule has 118 valence electrons. The lowest BCUT2D eigenvalue weighted by atomic mass is 10.1. The maximum atomic E-state index is 13.8. The van der Waals surface area contributed by atoms with Crippen molar-refractivity contribution in [2.45, 2.75) is 40.2 Å². The molecule has 1 amide bonds. The predicted molar refractivity (Wildman–Crippen MR) is 88.2 cm³/mol. The van der Waals surface area contributed by atoms with Crippen molar-refractivity contribution in [2.75, 3.05) is 0 Å². The molecule has 6 heteroatoms. The van der Waals surface area contributed by atoms with Crippen LogP contribution in [0, 0.1) is 19.7 Å². The van der Waals surface area contributed by atoms with Crippen molar-refractivity contribution < 1.29 is 9.18 Å². The third-order valence-corrected chi connectivity index (χ3v) is 5.03. The molecule has 22 heavy (non-hydrogen) atoms. The Hall–Kier alpha value is -1.46. The summed E-state index contributed by atoms with van der Waals surface area (Å²) >= 11 is 7.62. The van der Waals surface area contributed by atoms with E-state index in [0.717, 1.165) is 28.4 Å². The molecule has 0 bridgehead atoms. The number of amides is 1. The molecule has 0 atom stereocenters. The van der Waals surface area contributed by atoms with Gasteiger partial charge in [0.1, 0.15) is 5.82 Å². The lowest BCUT2D eigenvalue weighted by Gasteiger charge is -2.09. The van der Waals surface area contributed by atoms with E-state index < -0.39 is 11.7 Å². The Labute approximate surface area is 138 Å². The molecule has 2 rings (SSSR count). The minimum atomic E-state index is -0.610. The van der Waals surface area contributed by atoms with Crippen LogP contribution in [-0.4, -0.2) is 10.9 Å². The van der Waals surface area contributed by atoms with Gasteiger partial charge in [-0.15, -0.1) is 11.3 Å². The highest BCUT2D eigenvalue weighted by molar-refractivity contribution is 7.11. The highest BCUT2D eigenvalue weighted by Gasteiger charge is 2.18. The monoisotopic (exact) mass is 340 g/mol. The Morgan fingerprint density at radius 3 is 2.82 bits per heavy atom. The molecule has 0 spiro atoms. The van der Waals surface area contributed by atoms with E-state index in [1.165, 1.54) is 6.07 Å². The summed E-state index contributed by atoms with van der Waals surface area (Å²) in [6.07, 6.45) is 1.96. The molecular weight excluding hydrogens is 323 g/mol. The Balaban J connectivity index is 2.12. The number of carbonyl (C=O) groups is 1. The van der Waals surface area contributed by atoms with E-state index in [1.54, 1.807) is 24.3 Å². The standard InChI is InChI=1S/C16H18ClFN2OS/c1-4-5-13-20-10(3)12(22-13)8-19-16(21)14-11(18)7-6-9(2)15(14)17/h6-7H,4-5,8H2,1-3H3,(H,19,21). The first kappa shape index (κ1) is 16.9. The van der Waals surface area contributed by atoms with Crippen LogP contribution in [0.4, 0.5) is 4.39 Å². The van der Waals surface area contributed by atoms with Crippen LogP contribution in [-0.2, 0) is 13.0 Å². The van der Waals surface area contributed by atoms with Crippen molar-refractivity contribution >= 4 is 28.8 Å². The van der Waals surface area contributed by atoms with Gasteiger partial charge in [0.05, 0.1) is 27.8 Å². The molecule has 0 aliphatic rings. The fraction of sp³-hybridized carbons (Fsp3) is 0.375. The van der Waals surface area contributed by atoms with Gasteiger partial charge in [0, 0.05) is 4.88 Å². The van der Waals surface area contributed by atoms with Crippen molar-refractivity contribution in [1.82, 2.24) is 10.3 Å². The Kier molecular flexibility index (Phi) is 5.53. The fourth-order valence-corrected chi connectivity index (χ4v) is 3.44. The smallest absolute Gasteiger partial charge is 0.256 e. The number of rotatable bonds is 5. The number of halogens is 2. The molecule has 0 unspecified atom stereocenters. The molecule has 0 fully saturated rings. The minimum Gasteiger partial charge on any atom is -0.347 e. The summed E-state index contributed by atoms with van der Waals surface area (Å²) in [5, 5.41) is 3.94. The van der Waals surface area contributed by atoms with Crippen LogP contribution in [0.1, 0.15) is 44.8 Å². The maximum absolute atomic E-state index is 13.8. The molecule has 0 saturated carbocycles. The molecular formula is C16H18ClFN2OS. The Bertz CT molecular complexity index is 700. The molecule has 2 aromatic rings. The van der Waals surface area contributed by atoms with Crippen LogP contribution >= 0.6 is 22.9 Å². The van der Waals surface area contributed by atoms with E-state index in [4.69, 9.17) is 11.6 Å². The number of aryl methyl sites for hydroxylation is 3. The zero-order valence-corrected chi connectivity index (χ0v) is 14.4. The highest BCUT2D eigenvalue weighted by Crippen LogP contribution is 2.24. The van der Waals surface area contributed by atoms with Gasteiger partial charge < -0.3 is 5.32 Å². The van der Waals surface area contributed by atoms with E-state index in [2.05, 4.69) is 17.2 Å². The quantitative estimate of drug-likeness (QED) is 0.874. The molecule has 1 aromatic carbocycles. The zero-order valence-electron chi connectivity index (χ0n) is 12.8. The lowest BCUT2D eigenvalue weighted by Crippen LogP contribution is -2.24. The lowest BCUT2D eigenvalue weighted by molar-refractivity contribution is 0.0947. The number of thiazole rings is 1. The van der Waals surface area contributed by atoms with Crippen molar-refractivity contribution in [3.8, 4) is 0 Å². The minimum absolute atomic E-state index is 0.0994. The molecule has 0 aliphatic heterocycles. The molecule has 3 nitrogen and oxygen atoms in total. The normalized spacial score (nSPS) is 10.8. The number of benzene rings is 1. The molecule has 1 heterocycles. The van der Waals surface area contributed by atoms with Gasteiger partial charge >= 0.3 is 0 Å². The van der Waals surface area contributed by atoms with E-state index in [0.29, 0.717) is 12.1 Å². The van der Waals surface area contributed by atoms with Crippen molar-refractivity contribution in [3.63, 3.8) is 0 Å². The average Bonchev–Trinajstić information content (AvgIpc) is 2.81. The van der Waals surface area contributed by atoms with Crippen molar-refractivity contribution in [2.24, 2.45) is 0 Å². The average molecular weight is 341 g/mol. The molecule has 0 radical (unpaired) electrons. The van der Waals surface area contributed by atoms with Gasteiger partial charge in [-0.2, -0.15) is 0 Å². The van der Waals surface area contributed by atoms with Gasteiger partial charge in [-0.25, -0.2) is 9.37 Å². The zero-order chi connectivity index (χ0) is 16.3. The van der Waals surface area contributed by atoms with Crippen LogP contribution in [0.3, 0.4) is 0 Å². The van der Waals surface area contributed by atoms with Crippen LogP contribution in [0.5, 0.6) is 0 Å². The Morgan fingerprint density at radius 1 is 1.41 bits per heavy atom. The molecule has 1 aromatic heterocycles. The van der Waals surface area contributed by atoms with Crippen LogP contribution < -0.4 is 5.32 Å². The third kappa shape index (κ3) is 3.65. The van der Waals surface area contributed by atoms with Gasteiger partial charge in [-0.3, -0.25) is 4.79 Å². The first-order valence-corrected chi connectivity index (χ1v) is 8.31. The van der Waals surface area contributed by atoms with Crippen LogP contribution in [0.2, 0.25) is 5.02 Å². The highest BCUT2D eigenvalue weighted by atomic mass is 35.5. The van der Waals surface area contributed by atoms with Crippen LogP contribution in [0.15, 0.2) is 12.1 Å². The van der Waals surface area contributed by atoms with Gasteiger partial charge in [0.2, 0.25) is 0 Å². The Morgan fingerprint density at radius 2 is 2.14 bits per heavy atom. The SMILES string of the molecule is CCCc1nc(C)c(CNC(=O)c2c(F)ccc(C)c2Cl)s1. The second-order valence-electron chi connectivity index (χ2n) is 5.10. The van der Waals surface area contributed by atoms with Gasteiger partial charge in [0.25, 0.3) is 5.91 Å². The summed E-state index contributed by atoms with van der Waals surface area (Å²) in [5.41, 5.74) is 1.48. The summed E-state index contributed by atoms with van der Waals surface area (Å²) in [4.78, 5) is 17.7. The van der Waals surface area contributed by atoms with E-state index in [1.807, 2.05) is 6.92 Å². The number of aromatic nitrogens is 1. The van der Waals surface area contributed by atoms with E-state index in [-0.39, 0.29) is 10.6 Å². The van der Waals surface area contributed by atoms with Crippen molar-refractivity contribution in [3.05, 3.63) is 49.7 Å². The second kappa shape index (κ2) is 7.20. The second-order valence-corrected chi connectivity index (χ2v) is 6.65. The molecule has 1 N–H and O–H groups in total. The number of nitrogens with zero attached hydrogens (tertiary/aromatic N) is 1. The maximum Gasteiger partial charge on any atom is 0.256 e. The van der Waals surface area contributed by atoms with Gasteiger partial charge in [-0.1, -0.05) is 24.6 Å². The molecule has 0 aliphatic carbocycles. The number of hydrogen-bond donors (Lipinski definition) is 1. The topological polar surface area (TPSA) is 42.0 Å². The van der Waals surface area contributed by atoms with E-state index >= 15 is 0 Å². The van der Waals surface area contributed by atoms with E-state index in [9.17, 15) is 9.18 Å². The largest absolute Gasteiger partial charge is 0.347 e. The number of hydrogen-bond acceptors (Lipinski definition) is 3. The molecule has 0 saturated heterocycles. The predicted octanol–water partition coefficient (Wildman–Crippen LogP) is 4.43. The summed E-state index contributed by atoms with van der Waals surface area (Å²) in [6, 6.07) is 2.81. The summed E-state index contributed by atoms with van der Waals surface area (Å²) in [7, 11) is 0. The fourth-order valence-electron chi connectivity index (χ4n) is 2.09. The van der Waals surface area contributed by atoms with Gasteiger partial charge in [0.15, 0.2) is 0 Å². The van der Waals surface area contributed by atoms with Crippen LogP contribution in [0.25, 0.3) is 0 Å².